The number of carbonyl (C=O) groups is 1. The van der Waals surface area contributed by atoms with Crippen LogP contribution < -0.4 is 4.90 Å². The van der Waals surface area contributed by atoms with E-state index >= 15 is 0 Å². The molecular formula is C20H18FN3O2. The number of aryl methyl sites for hydroxylation is 2. The molecule has 1 aliphatic rings. The van der Waals surface area contributed by atoms with Crippen molar-refractivity contribution in [2.24, 2.45) is 0 Å². The SMILES string of the molecule is Cc1cccc(-c2nc(C3CC(=O)N(c4ccc(F)cc4C)C3)no2)c1. The highest BCUT2D eigenvalue weighted by Gasteiger charge is 2.35. The predicted octanol–water partition coefficient (Wildman–Crippen LogP) is 4.01. The lowest BCUT2D eigenvalue weighted by Gasteiger charge is -2.18. The monoisotopic (exact) mass is 351 g/mol. The van der Waals surface area contributed by atoms with Crippen molar-refractivity contribution in [1.29, 1.82) is 0 Å². The third kappa shape index (κ3) is 2.98. The summed E-state index contributed by atoms with van der Waals surface area (Å²) in [5, 5.41) is 4.08. The molecule has 1 aromatic heterocycles. The molecule has 26 heavy (non-hydrogen) atoms. The lowest BCUT2D eigenvalue weighted by atomic mass is 10.1. The maximum Gasteiger partial charge on any atom is 0.257 e. The summed E-state index contributed by atoms with van der Waals surface area (Å²) < 4.78 is 18.7. The second-order valence-electron chi connectivity index (χ2n) is 6.66. The molecule has 4 rings (SSSR count). The molecule has 3 aromatic rings. The van der Waals surface area contributed by atoms with Gasteiger partial charge in [0.05, 0.1) is 0 Å². The van der Waals surface area contributed by atoms with Crippen LogP contribution in [0.25, 0.3) is 11.5 Å². The Hall–Kier alpha value is -3.02. The molecule has 1 saturated heterocycles. The molecule has 1 atom stereocenters. The number of halogens is 1. The molecule has 0 bridgehead atoms. The third-order valence-electron chi connectivity index (χ3n) is 4.65. The highest BCUT2D eigenvalue weighted by atomic mass is 19.1. The van der Waals surface area contributed by atoms with Crippen molar-refractivity contribution in [3.05, 3.63) is 65.2 Å². The van der Waals surface area contributed by atoms with Crippen molar-refractivity contribution in [2.45, 2.75) is 26.2 Å². The van der Waals surface area contributed by atoms with E-state index in [4.69, 9.17) is 4.52 Å². The summed E-state index contributed by atoms with van der Waals surface area (Å²) in [4.78, 5) is 18.6. The zero-order chi connectivity index (χ0) is 18.3. The van der Waals surface area contributed by atoms with Gasteiger partial charge in [0, 0.05) is 30.1 Å². The third-order valence-corrected chi connectivity index (χ3v) is 4.65. The zero-order valence-corrected chi connectivity index (χ0v) is 14.6. The van der Waals surface area contributed by atoms with E-state index in [1.165, 1.54) is 12.1 Å². The first-order valence-electron chi connectivity index (χ1n) is 8.48. The van der Waals surface area contributed by atoms with Crippen molar-refractivity contribution in [3.63, 3.8) is 0 Å². The van der Waals surface area contributed by atoms with Gasteiger partial charge in [-0.15, -0.1) is 0 Å². The molecule has 0 radical (unpaired) electrons. The normalized spacial score (nSPS) is 17.1. The first kappa shape index (κ1) is 16.4. The molecule has 0 N–H and O–H groups in total. The van der Waals surface area contributed by atoms with Crippen LogP contribution in [0.5, 0.6) is 0 Å². The van der Waals surface area contributed by atoms with Crippen LogP contribution in [0.4, 0.5) is 10.1 Å². The van der Waals surface area contributed by atoms with Gasteiger partial charge in [-0.25, -0.2) is 4.39 Å². The second-order valence-corrected chi connectivity index (χ2v) is 6.66. The second kappa shape index (κ2) is 6.37. The van der Waals surface area contributed by atoms with Crippen molar-refractivity contribution in [1.82, 2.24) is 10.1 Å². The Morgan fingerprint density at radius 1 is 1.19 bits per heavy atom. The molecule has 2 heterocycles. The molecule has 1 unspecified atom stereocenters. The van der Waals surface area contributed by atoms with E-state index < -0.39 is 0 Å². The van der Waals surface area contributed by atoms with Crippen LogP contribution in [-0.4, -0.2) is 22.6 Å². The zero-order valence-electron chi connectivity index (χ0n) is 14.6. The lowest BCUT2D eigenvalue weighted by Crippen LogP contribution is -2.25. The summed E-state index contributed by atoms with van der Waals surface area (Å²) in [5.41, 5.74) is 3.42. The van der Waals surface area contributed by atoms with Gasteiger partial charge in [0.1, 0.15) is 5.82 Å². The van der Waals surface area contributed by atoms with Gasteiger partial charge in [0.15, 0.2) is 5.82 Å². The van der Waals surface area contributed by atoms with Gasteiger partial charge in [0.25, 0.3) is 5.89 Å². The van der Waals surface area contributed by atoms with Gasteiger partial charge in [-0.05, 0) is 49.7 Å². The Bertz CT molecular complexity index is 983. The van der Waals surface area contributed by atoms with Crippen molar-refractivity contribution < 1.29 is 13.7 Å². The molecule has 2 aromatic carbocycles. The van der Waals surface area contributed by atoms with E-state index in [2.05, 4.69) is 10.1 Å². The van der Waals surface area contributed by atoms with E-state index in [-0.39, 0.29) is 17.6 Å². The largest absolute Gasteiger partial charge is 0.334 e. The Morgan fingerprint density at radius 2 is 2.04 bits per heavy atom. The standard InChI is InChI=1S/C20H18FN3O2/c1-12-4-3-5-14(8-12)20-22-19(23-26-20)15-10-18(25)24(11-15)17-7-6-16(21)9-13(17)2/h3-9,15H,10-11H2,1-2H3. The molecule has 0 aliphatic carbocycles. The summed E-state index contributed by atoms with van der Waals surface area (Å²) >= 11 is 0. The highest BCUT2D eigenvalue weighted by molar-refractivity contribution is 5.97. The number of hydrogen-bond donors (Lipinski definition) is 0. The van der Waals surface area contributed by atoms with Crippen molar-refractivity contribution >= 4 is 11.6 Å². The van der Waals surface area contributed by atoms with Gasteiger partial charge < -0.3 is 9.42 Å². The van der Waals surface area contributed by atoms with Crippen molar-refractivity contribution in [3.8, 4) is 11.5 Å². The molecule has 6 heteroatoms. The highest BCUT2D eigenvalue weighted by Crippen LogP contribution is 2.33. The summed E-state index contributed by atoms with van der Waals surface area (Å²) in [6.45, 7) is 4.25. The van der Waals surface area contributed by atoms with Crippen LogP contribution in [0.15, 0.2) is 47.0 Å². The number of hydrogen-bond acceptors (Lipinski definition) is 4. The number of aromatic nitrogens is 2. The van der Waals surface area contributed by atoms with Gasteiger partial charge in [-0.3, -0.25) is 4.79 Å². The van der Waals surface area contributed by atoms with E-state index in [0.717, 1.165) is 22.4 Å². The fourth-order valence-electron chi connectivity index (χ4n) is 3.33. The van der Waals surface area contributed by atoms with E-state index in [1.54, 1.807) is 17.9 Å². The molecule has 1 amide bonds. The minimum atomic E-state index is -0.310. The van der Waals surface area contributed by atoms with Gasteiger partial charge in [0.2, 0.25) is 5.91 Å². The number of benzene rings is 2. The fourth-order valence-corrected chi connectivity index (χ4v) is 3.33. The minimum absolute atomic E-state index is 0.0217. The Balaban J connectivity index is 1.58. The maximum absolute atomic E-state index is 13.3. The maximum atomic E-state index is 13.3. The smallest absolute Gasteiger partial charge is 0.257 e. The summed E-state index contributed by atoms with van der Waals surface area (Å²) in [5.74, 6) is 0.501. The first-order chi connectivity index (χ1) is 12.5. The Labute approximate surface area is 150 Å². The van der Waals surface area contributed by atoms with Crippen LogP contribution in [-0.2, 0) is 4.79 Å². The minimum Gasteiger partial charge on any atom is -0.334 e. The molecule has 132 valence electrons. The van der Waals surface area contributed by atoms with Crippen LogP contribution in [0.1, 0.15) is 29.3 Å². The Kier molecular flexibility index (Phi) is 4.03. The first-order valence-corrected chi connectivity index (χ1v) is 8.48. The van der Waals surface area contributed by atoms with Crippen LogP contribution >= 0.6 is 0 Å². The number of nitrogens with zero attached hydrogens (tertiary/aromatic N) is 3. The number of anilines is 1. The van der Waals surface area contributed by atoms with Gasteiger partial charge in [-0.2, -0.15) is 4.98 Å². The van der Waals surface area contributed by atoms with E-state index in [9.17, 15) is 9.18 Å². The average molecular weight is 351 g/mol. The molecular weight excluding hydrogens is 333 g/mol. The Morgan fingerprint density at radius 3 is 2.81 bits per heavy atom. The van der Waals surface area contributed by atoms with Gasteiger partial charge in [-0.1, -0.05) is 22.9 Å². The van der Waals surface area contributed by atoms with E-state index in [1.807, 2.05) is 31.2 Å². The fraction of sp³-hybridized carbons (Fsp3) is 0.250. The summed E-state index contributed by atoms with van der Waals surface area (Å²) in [7, 11) is 0. The molecule has 0 saturated carbocycles. The molecule has 0 spiro atoms. The van der Waals surface area contributed by atoms with Crippen LogP contribution in [0.3, 0.4) is 0 Å². The number of carbonyl (C=O) groups excluding carboxylic acids is 1. The quantitative estimate of drug-likeness (QED) is 0.715. The number of amides is 1. The number of rotatable bonds is 3. The van der Waals surface area contributed by atoms with Crippen LogP contribution in [0.2, 0.25) is 0 Å². The topological polar surface area (TPSA) is 59.2 Å². The van der Waals surface area contributed by atoms with Crippen LogP contribution in [0, 0.1) is 19.7 Å². The van der Waals surface area contributed by atoms with Gasteiger partial charge >= 0.3 is 0 Å². The molecule has 1 fully saturated rings. The average Bonchev–Trinajstić information content (AvgIpc) is 3.22. The lowest BCUT2D eigenvalue weighted by molar-refractivity contribution is -0.117. The van der Waals surface area contributed by atoms with Crippen molar-refractivity contribution in [2.75, 3.05) is 11.4 Å². The summed E-state index contributed by atoms with van der Waals surface area (Å²) in [6.07, 6.45) is 0.309. The molecule has 1 aliphatic heterocycles. The summed E-state index contributed by atoms with van der Waals surface area (Å²) in [6, 6.07) is 12.3. The van der Waals surface area contributed by atoms with E-state index in [0.29, 0.717) is 24.7 Å². The molecule has 5 nitrogen and oxygen atoms in total. The predicted molar refractivity (Wildman–Crippen MR) is 95.3 cm³/mol.